The van der Waals surface area contributed by atoms with Crippen LogP contribution < -0.4 is 43.1 Å². The maximum atomic E-state index is 6.76. The van der Waals surface area contributed by atoms with Gasteiger partial charge in [0.15, 0.2) is 69.0 Å². The zero-order valence-electron chi connectivity index (χ0n) is 74.9. The number of para-hydroxylation sites is 8. The highest BCUT2D eigenvalue weighted by molar-refractivity contribution is 7.26. The van der Waals surface area contributed by atoms with Gasteiger partial charge in [0, 0.05) is 127 Å². The number of thiophene rings is 1. The van der Waals surface area contributed by atoms with Crippen LogP contribution in [0.15, 0.2) is 446 Å². The Morgan fingerprint density at radius 1 is 0.170 bits per heavy atom. The molecular weight excluding hydrogens is 1760 g/mol. The molecule has 0 saturated carbocycles. The summed E-state index contributed by atoms with van der Waals surface area (Å²) in [7, 11) is 0. The topological polar surface area (TPSA) is 106 Å². The van der Waals surface area contributed by atoms with Crippen molar-refractivity contribution in [2.75, 3.05) is 14.7 Å². The molecule has 660 valence electrons. The van der Waals surface area contributed by atoms with Crippen LogP contribution in [0.2, 0.25) is 0 Å². The van der Waals surface area contributed by atoms with Crippen molar-refractivity contribution in [1.82, 2.24) is 13.7 Å². The van der Waals surface area contributed by atoms with E-state index in [1.165, 1.54) is 36.9 Å². The average Bonchev–Trinajstić information content (AvgIpc) is 1.54. The van der Waals surface area contributed by atoms with E-state index in [1.807, 2.05) is 108 Å². The van der Waals surface area contributed by atoms with E-state index in [2.05, 4.69) is 368 Å². The van der Waals surface area contributed by atoms with E-state index in [4.69, 9.17) is 37.3 Å². The van der Waals surface area contributed by atoms with E-state index in [9.17, 15) is 0 Å². The number of fused-ring (bicyclic) bond motifs is 12. The summed E-state index contributed by atoms with van der Waals surface area (Å²) in [5.74, 6) is 9.77. The Bertz CT molecular complexity index is 10100. The van der Waals surface area contributed by atoms with E-state index < -0.39 is 0 Å². The first-order chi connectivity index (χ1) is 69.9. The molecule has 0 N–H and O–H groups in total. The van der Waals surface area contributed by atoms with Crippen LogP contribution in [0, 0.1) is 0 Å². The highest BCUT2D eigenvalue weighted by Crippen LogP contribution is 2.61. The summed E-state index contributed by atoms with van der Waals surface area (Å²) in [6.07, 6.45) is 0. The van der Waals surface area contributed by atoms with Gasteiger partial charge in [0.25, 0.3) is 0 Å². The number of benzene rings is 21. The molecule has 6 aromatic heterocycles. The Balaban J connectivity index is 0.0000000972. The van der Waals surface area contributed by atoms with Gasteiger partial charge < -0.3 is 52.0 Å². The summed E-state index contributed by atoms with van der Waals surface area (Å²) >= 11 is 1.84. The summed E-state index contributed by atoms with van der Waals surface area (Å²) in [5, 5.41) is 13.6. The zero-order chi connectivity index (χ0) is 91.9. The molecule has 0 amide bonds. The van der Waals surface area contributed by atoms with Crippen molar-refractivity contribution in [2.45, 2.75) is 0 Å². The van der Waals surface area contributed by atoms with Gasteiger partial charge in [0.05, 0.1) is 55.8 Å². The van der Waals surface area contributed by atoms with Gasteiger partial charge in [0.2, 0.25) is 0 Å². The van der Waals surface area contributed by atoms with Crippen LogP contribution in [0.4, 0.5) is 51.2 Å². The van der Waals surface area contributed by atoms with E-state index in [1.54, 1.807) is 0 Å². The van der Waals surface area contributed by atoms with Crippen molar-refractivity contribution in [2.24, 2.45) is 0 Å². The highest BCUT2D eigenvalue weighted by atomic mass is 32.1. The third-order valence-corrected chi connectivity index (χ3v) is 29.7. The number of nitrogens with zero attached hydrogens (tertiary/aromatic N) is 6. The molecule has 0 bridgehead atoms. The average molecular weight is 1830 g/mol. The molecular formula is C126H72N6O8S. The van der Waals surface area contributed by atoms with Gasteiger partial charge in [-0.05, 0) is 203 Å². The monoisotopic (exact) mass is 1830 g/mol. The van der Waals surface area contributed by atoms with Crippen molar-refractivity contribution >= 4 is 192 Å². The van der Waals surface area contributed by atoms with Crippen LogP contribution in [-0.4, -0.2) is 13.7 Å². The molecule has 0 aliphatic carbocycles. The number of hydrogen-bond donors (Lipinski definition) is 0. The van der Waals surface area contributed by atoms with E-state index in [0.717, 1.165) is 263 Å². The van der Waals surface area contributed by atoms with E-state index in [0.29, 0.717) is 0 Å². The van der Waals surface area contributed by atoms with Gasteiger partial charge in [-0.25, -0.2) is 0 Å². The Labute approximate surface area is 808 Å². The molecule has 27 aromatic rings. The van der Waals surface area contributed by atoms with Crippen molar-refractivity contribution in [3.8, 4) is 119 Å². The fourth-order valence-corrected chi connectivity index (χ4v) is 23.7. The zero-order valence-corrected chi connectivity index (χ0v) is 75.7. The molecule has 0 unspecified atom stereocenters. The van der Waals surface area contributed by atoms with Crippen molar-refractivity contribution in [3.05, 3.63) is 437 Å². The van der Waals surface area contributed by atoms with Crippen LogP contribution in [0.1, 0.15) is 0 Å². The number of ether oxygens (including phenoxy) is 6. The number of rotatable bonds is 12. The molecule has 141 heavy (non-hydrogen) atoms. The predicted molar refractivity (Wildman–Crippen MR) is 571 cm³/mol. The molecule has 21 aromatic carbocycles. The first kappa shape index (κ1) is 77.3. The molecule has 0 radical (unpaired) electrons. The second kappa shape index (κ2) is 29.8. The molecule has 12 heterocycles. The Morgan fingerprint density at radius 2 is 0.475 bits per heavy atom. The SMILES string of the molecule is c1ccc(-c2cccc(N(c3cc4c5c(c3)c3cccc6c3n5-c3c(cccc3O4)O6)c3cccc4sc5ccccc5c34)c2)cc1.c1ccc(-c2cccc(N(c3ccc4c(c3)oc3ccccc34)c3cc4c5c(c3)c3cccc6c3n5-c3c(cccc3O4)O6)c2)cc1.c1ccc(-c2cccc(N(c3ccc4oc5ccccc5c4c3)c3cc4c5c(c3)c3cccc6c3n5-c3c(cccc3O4)O6)c2)cc1. The number of anilines is 9. The minimum atomic E-state index is 0.779. The first-order valence-corrected chi connectivity index (χ1v) is 48.1. The second-order valence-electron chi connectivity index (χ2n) is 36.5. The summed E-state index contributed by atoms with van der Waals surface area (Å²) in [6, 6.07) is 153. The lowest BCUT2D eigenvalue weighted by atomic mass is 10.0. The quantitative estimate of drug-likeness (QED) is 0.117. The summed E-state index contributed by atoms with van der Waals surface area (Å²) in [4.78, 5) is 7.03. The van der Waals surface area contributed by atoms with Crippen molar-refractivity contribution < 1.29 is 37.3 Å². The number of aromatic nitrogens is 3. The van der Waals surface area contributed by atoms with Gasteiger partial charge >= 0.3 is 0 Å². The minimum Gasteiger partial charge on any atom is -0.456 e. The molecule has 0 spiro atoms. The van der Waals surface area contributed by atoms with Crippen LogP contribution in [0.3, 0.4) is 0 Å². The normalized spacial score (nSPS) is 12.6. The standard InChI is InChI=1S/2C42H24N2O3.C42H24N2O2S/c1-2-9-25(10-3-1)26-11-6-12-27(21-26)43(28-19-20-31-30-13-4-5-15-34(30)45-38(31)23-28)29-22-33-32-14-7-16-35-40(32)44-41(33)39(24-29)47-37-18-8-17-36(46-35)42(37)44;1-2-9-25(10-3-1)26-11-6-12-27(21-26)43(28-19-20-35-32(22-28)30-13-4-5-15-34(30)45-35)29-23-33-31-14-7-16-36-40(31)44-41(33)39(24-29)47-38-18-8-17-37(46-36)42(38)44;1-2-10-25(11-3-1)26-12-6-13-27(22-26)43(32-16-8-21-38-39(32)30-14-4-5-20-37(30)47-38)28-23-31-29-15-7-17-33-40(29)44-41(31)36(24-28)46-35-19-9-18-34(45-33)42(35)44/h3*1-24H. The number of furan rings is 2. The predicted octanol–water partition coefficient (Wildman–Crippen LogP) is 36.6. The fraction of sp³-hybridized carbons (Fsp3) is 0. The maximum Gasteiger partial charge on any atom is 0.155 e. The lowest BCUT2D eigenvalue weighted by molar-refractivity contribution is 0.443. The van der Waals surface area contributed by atoms with Gasteiger partial charge in [0.1, 0.15) is 39.4 Å². The molecule has 0 atom stereocenters. The van der Waals surface area contributed by atoms with Crippen LogP contribution in [0.5, 0.6) is 69.0 Å². The molecule has 6 aliphatic heterocycles. The summed E-state index contributed by atoms with van der Waals surface area (Å²) in [6.45, 7) is 0. The Kier molecular flexibility index (Phi) is 16.3. The third-order valence-electron chi connectivity index (χ3n) is 28.5. The van der Waals surface area contributed by atoms with Gasteiger partial charge in [-0.15, -0.1) is 11.3 Å². The van der Waals surface area contributed by atoms with Gasteiger partial charge in [-0.2, -0.15) is 0 Å². The van der Waals surface area contributed by atoms with Crippen LogP contribution in [-0.2, 0) is 0 Å². The molecule has 14 nitrogen and oxygen atoms in total. The molecule has 0 fully saturated rings. The molecule has 33 rings (SSSR count). The molecule has 6 aliphatic rings. The van der Waals surface area contributed by atoms with Gasteiger partial charge in [-0.3, -0.25) is 13.7 Å². The van der Waals surface area contributed by atoms with Crippen LogP contribution >= 0.6 is 11.3 Å². The molecule has 15 heteroatoms. The Hall–Kier alpha value is -19.0. The van der Waals surface area contributed by atoms with Crippen molar-refractivity contribution in [1.29, 1.82) is 0 Å². The summed E-state index contributed by atoms with van der Waals surface area (Å²) in [5.41, 5.74) is 29.0. The Morgan fingerprint density at radius 3 is 0.943 bits per heavy atom. The lowest BCUT2D eigenvalue weighted by Gasteiger charge is -2.29. The fourth-order valence-electron chi connectivity index (χ4n) is 22.6. The molecule has 0 saturated heterocycles. The first-order valence-electron chi connectivity index (χ1n) is 47.3. The maximum absolute atomic E-state index is 6.76. The van der Waals surface area contributed by atoms with E-state index >= 15 is 0 Å². The lowest BCUT2D eigenvalue weighted by Crippen LogP contribution is -2.12. The van der Waals surface area contributed by atoms with Crippen LogP contribution in [0.25, 0.3) is 180 Å². The van der Waals surface area contributed by atoms with Gasteiger partial charge in [-0.1, -0.05) is 243 Å². The largest absolute Gasteiger partial charge is 0.456 e. The number of hydrogen-bond acceptors (Lipinski definition) is 12. The highest BCUT2D eigenvalue weighted by Gasteiger charge is 2.38. The second-order valence-corrected chi connectivity index (χ2v) is 37.5. The van der Waals surface area contributed by atoms with Crippen molar-refractivity contribution in [3.63, 3.8) is 0 Å². The minimum absolute atomic E-state index is 0.779. The summed E-state index contributed by atoms with van der Waals surface area (Å²) < 4.78 is 61.6. The smallest absolute Gasteiger partial charge is 0.155 e. The third kappa shape index (κ3) is 11.6. The van der Waals surface area contributed by atoms with E-state index in [-0.39, 0.29) is 0 Å².